The van der Waals surface area contributed by atoms with E-state index in [9.17, 15) is 4.79 Å². The molecule has 1 aliphatic rings. The van der Waals surface area contributed by atoms with Gasteiger partial charge in [0, 0.05) is 12.4 Å². The molecule has 104 valence electrons. The van der Waals surface area contributed by atoms with Crippen molar-refractivity contribution in [1.29, 1.82) is 0 Å². The Hall–Kier alpha value is -2.50. The summed E-state index contributed by atoms with van der Waals surface area (Å²) in [7, 11) is 0. The van der Waals surface area contributed by atoms with Gasteiger partial charge in [-0.15, -0.1) is 0 Å². The molecule has 1 N–H and O–H groups in total. The molecule has 0 saturated carbocycles. The van der Waals surface area contributed by atoms with Crippen molar-refractivity contribution < 1.29 is 14.3 Å². The molecule has 2 aromatic rings. The number of hydrogen-bond donors (Lipinski definition) is 1. The Balaban J connectivity index is 1.49. The first kappa shape index (κ1) is 12.5. The minimum absolute atomic E-state index is 0.101. The van der Waals surface area contributed by atoms with E-state index in [0.717, 1.165) is 5.75 Å². The number of nitrogens with one attached hydrogen (secondary N) is 1. The van der Waals surface area contributed by atoms with E-state index in [1.54, 1.807) is 23.1 Å². The first-order valence-electron chi connectivity index (χ1n) is 6.44. The number of ether oxygens (including phenoxy) is 2. The third-order valence-electron chi connectivity index (χ3n) is 2.96. The SMILES string of the molecule is O=C(Cn1cccn1)NC[C@@H]1COc2ccccc2O1. The van der Waals surface area contributed by atoms with Gasteiger partial charge in [0.15, 0.2) is 11.5 Å². The minimum Gasteiger partial charge on any atom is -0.486 e. The highest BCUT2D eigenvalue weighted by atomic mass is 16.6. The van der Waals surface area contributed by atoms with Crippen molar-refractivity contribution in [1.82, 2.24) is 15.1 Å². The van der Waals surface area contributed by atoms with Crippen LogP contribution in [0.3, 0.4) is 0 Å². The predicted molar refractivity (Wildman–Crippen MR) is 71.6 cm³/mol. The van der Waals surface area contributed by atoms with E-state index in [-0.39, 0.29) is 18.6 Å². The van der Waals surface area contributed by atoms with Crippen molar-refractivity contribution in [2.75, 3.05) is 13.2 Å². The van der Waals surface area contributed by atoms with Crippen LogP contribution in [0.1, 0.15) is 0 Å². The van der Waals surface area contributed by atoms with Gasteiger partial charge in [0.05, 0.1) is 6.54 Å². The molecule has 0 saturated heterocycles. The molecule has 1 atom stereocenters. The van der Waals surface area contributed by atoms with Crippen LogP contribution in [-0.4, -0.2) is 34.9 Å². The Morgan fingerprint density at radius 2 is 2.20 bits per heavy atom. The highest BCUT2D eigenvalue weighted by molar-refractivity contribution is 5.75. The Morgan fingerprint density at radius 3 is 3.00 bits per heavy atom. The topological polar surface area (TPSA) is 65.4 Å². The number of nitrogens with zero attached hydrogens (tertiary/aromatic N) is 2. The van der Waals surface area contributed by atoms with Gasteiger partial charge in [0.25, 0.3) is 0 Å². The summed E-state index contributed by atoms with van der Waals surface area (Å²) < 4.78 is 12.9. The van der Waals surface area contributed by atoms with Crippen LogP contribution in [0, 0.1) is 0 Å². The van der Waals surface area contributed by atoms with Gasteiger partial charge < -0.3 is 14.8 Å². The average Bonchev–Trinajstić information content (AvgIpc) is 2.98. The van der Waals surface area contributed by atoms with Gasteiger partial charge in [0.1, 0.15) is 19.3 Å². The second-order valence-corrected chi connectivity index (χ2v) is 4.51. The van der Waals surface area contributed by atoms with E-state index in [2.05, 4.69) is 10.4 Å². The van der Waals surface area contributed by atoms with Crippen molar-refractivity contribution in [2.45, 2.75) is 12.6 Å². The van der Waals surface area contributed by atoms with Crippen LogP contribution in [-0.2, 0) is 11.3 Å². The molecular formula is C14H15N3O3. The van der Waals surface area contributed by atoms with Gasteiger partial charge in [-0.2, -0.15) is 5.10 Å². The van der Waals surface area contributed by atoms with E-state index in [1.165, 1.54) is 0 Å². The molecule has 1 aliphatic heterocycles. The average molecular weight is 273 g/mol. The number of carbonyl (C=O) groups is 1. The van der Waals surface area contributed by atoms with Crippen LogP contribution >= 0.6 is 0 Å². The summed E-state index contributed by atoms with van der Waals surface area (Å²) in [5.74, 6) is 1.35. The Morgan fingerprint density at radius 1 is 1.35 bits per heavy atom. The number of hydrogen-bond acceptors (Lipinski definition) is 4. The molecule has 0 unspecified atom stereocenters. The van der Waals surface area contributed by atoms with Gasteiger partial charge >= 0.3 is 0 Å². The fourth-order valence-electron chi connectivity index (χ4n) is 1.99. The second kappa shape index (κ2) is 5.64. The Kier molecular flexibility index (Phi) is 3.54. The number of aromatic nitrogens is 2. The van der Waals surface area contributed by atoms with Crippen LogP contribution in [0.15, 0.2) is 42.7 Å². The van der Waals surface area contributed by atoms with Gasteiger partial charge in [-0.3, -0.25) is 9.48 Å². The monoisotopic (exact) mass is 273 g/mol. The van der Waals surface area contributed by atoms with E-state index in [1.807, 2.05) is 24.3 Å². The second-order valence-electron chi connectivity index (χ2n) is 4.51. The molecule has 20 heavy (non-hydrogen) atoms. The number of amides is 1. The molecule has 0 spiro atoms. The first-order chi connectivity index (χ1) is 9.81. The molecule has 1 aromatic heterocycles. The van der Waals surface area contributed by atoms with E-state index in [4.69, 9.17) is 9.47 Å². The van der Waals surface area contributed by atoms with Crippen LogP contribution < -0.4 is 14.8 Å². The summed E-state index contributed by atoms with van der Waals surface area (Å²) in [5, 5.41) is 6.80. The maximum absolute atomic E-state index is 11.7. The largest absolute Gasteiger partial charge is 0.486 e. The molecule has 6 nitrogen and oxygen atoms in total. The maximum atomic E-state index is 11.7. The van der Waals surface area contributed by atoms with Gasteiger partial charge in [0.2, 0.25) is 5.91 Å². The summed E-state index contributed by atoms with van der Waals surface area (Å²) in [6.45, 7) is 1.05. The lowest BCUT2D eigenvalue weighted by molar-refractivity contribution is -0.122. The van der Waals surface area contributed by atoms with Crippen molar-refractivity contribution in [3.05, 3.63) is 42.7 Å². The first-order valence-corrected chi connectivity index (χ1v) is 6.44. The quantitative estimate of drug-likeness (QED) is 0.896. The van der Waals surface area contributed by atoms with Crippen LogP contribution in [0.5, 0.6) is 11.5 Å². The highest BCUT2D eigenvalue weighted by Crippen LogP contribution is 2.30. The van der Waals surface area contributed by atoms with E-state index < -0.39 is 0 Å². The Bertz CT molecular complexity index is 583. The molecular weight excluding hydrogens is 258 g/mol. The van der Waals surface area contributed by atoms with Gasteiger partial charge in [-0.1, -0.05) is 12.1 Å². The van der Waals surface area contributed by atoms with Crippen LogP contribution in [0.25, 0.3) is 0 Å². The van der Waals surface area contributed by atoms with E-state index in [0.29, 0.717) is 18.9 Å². The van der Waals surface area contributed by atoms with Crippen LogP contribution in [0.2, 0.25) is 0 Å². The van der Waals surface area contributed by atoms with Crippen molar-refractivity contribution in [3.63, 3.8) is 0 Å². The number of rotatable bonds is 4. The molecule has 0 bridgehead atoms. The fourth-order valence-corrected chi connectivity index (χ4v) is 1.99. The standard InChI is InChI=1S/C14H15N3O3/c18-14(9-17-7-3-6-16-17)15-8-11-10-19-12-4-1-2-5-13(12)20-11/h1-7,11H,8-10H2,(H,15,18)/t11-/m1/s1. The minimum atomic E-state index is -0.175. The third-order valence-corrected chi connectivity index (χ3v) is 2.96. The zero-order valence-corrected chi connectivity index (χ0v) is 10.9. The van der Waals surface area contributed by atoms with Gasteiger partial charge in [-0.25, -0.2) is 0 Å². The molecule has 2 heterocycles. The zero-order chi connectivity index (χ0) is 13.8. The lowest BCUT2D eigenvalue weighted by Crippen LogP contribution is -2.41. The zero-order valence-electron chi connectivity index (χ0n) is 10.9. The van der Waals surface area contributed by atoms with Gasteiger partial charge in [-0.05, 0) is 18.2 Å². The predicted octanol–water partition coefficient (Wildman–Crippen LogP) is 0.839. The van der Waals surface area contributed by atoms with E-state index >= 15 is 0 Å². The molecule has 6 heteroatoms. The number of carbonyl (C=O) groups excluding carboxylic acids is 1. The summed E-state index contributed by atoms with van der Waals surface area (Å²) in [6, 6.07) is 9.28. The number of para-hydroxylation sites is 2. The summed E-state index contributed by atoms with van der Waals surface area (Å²) >= 11 is 0. The molecule has 0 radical (unpaired) electrons. The molecule has 0 fully saturated rings. The highest BCUT2D eigenvalue weighted by Gasteiger charge is 2.20. The van der Waals surface area contributed by atoms with Crippen molar-refractivity contribution in [3.8, 4) is 11.5 Å². The lowest BCUT2D eigenvalue weighted by Gasteiger charge is -2.26. The molecule has 3 rings (SSSR count). The summed E-state index contributed by atoms with van der Waals surface area (Å²) in [4.78, 5) is 11.7. The number of fused-ring (bicyclic) bond motifs is 1. The maximum Gasteiger partial charge on any atom is 0.241 e. The van der Waals surface area contributed by atoms with Crippen molar-refractivity contribution in [2.24, 2.45) is 0 Å². The smallest absolute Gasteiger partial charge is 0.241 e. The Labute approximate surface area is 116 Å². The summed E-state index contributed by atoms with van der Waals surface area (Å²) in [6.07, 6.45) is 3.21. The van der Waals surface area contributed by atoms with Crippen LogP contribution in [0.4, 0.5) is 0 Å². The lowest BCUT2D eigenvalue weighted by atomic mass is 10.2. The molecule has 0 aliphatic carbocycles. The number of benzene rings is 1. The normalized spacial score (nSPS) is 16.7. The fraction of sp³-hybridized carbons (Fsp3) is 0.286. The summed E-state index contributed by atoms with van der Waals surface area (Å²) in [5.41, 5.74) is 0. The third kappa shape index (κ3) is 2.90. The molecule has 1 amide bonds. The van der Waals surface area contributed by atoms with Crippen molar-refractivity contribution >= 4 is 5.91 Å². The molecule has 1 aromatic carbocycles.